The molecule has 0 fully saturated rings. The molecule has 5 nitrogen and oxygen atoms in total. The lowest BCUT2D eigenvalue weighted by Gasteiger charge is -2.08. The maximum absolute atomic E-state index is 6.39. The van der Waals surface area contributed by atoms with E-state index in [1.807, 2.05) is 28.1 Å². The standard InChI is InChI=1S/C12H6ClN5S3/c13-6-3-4-7-9(17-21-16-7)10(6)18-11(14-15-12(18)19)8-2-1-5-20-8/h1-5H,(H,15,19). The molecule has 0 aliphatic rings. The van der Waals surface area contributed by atoms with E-state index < -0.39 is 0 Å². The maximum atomic E-state index is 6.39. The summed E-state index contributed by atoms with van der Waals surface area (Å²) in [6.07, 6.45) is 0. The van der Waals surface area contributed by atoms with Gasteiger partial charge in [-0.2, -0.15) is 13.8 Å². The summed E-state index contributed by atoms with van der Waals surface area (Å²) < 4.78 is 10.9. The Balaban J connectivity index is 2.11. The van der Waals surface area contributed by atoms with Crippen LogP contribution in [0.4, 0.5) is 0 Å². The van der Waals surface area contributed by atoms with Crippen LogP contribution in [0.2, 0.25) is 5.02 Å². The highest BCUT2D eigenvalue weighted by atomic mass is 35.5. The minimum Gasteiger partial charge on any atom is -0.264 e. The first-order valence-corrected chi connectivity index (χ1v) is 8.28. The Morgan fingerprint density at radius 1 is 1.24 bits per heavy atom. The zero-order chi connectivity index (χ0) is 14.4. The molecule has 21 heavy (non-hydrogen) atoms. The van der Waals surface area contributed by atoms with Crippen LogP contribution in [-0.2, 0) is 0 Å². The number of nitrogens with one attached hydrogen (secondary N) is 1. The predicted molar refractivity (Wildman–Crippen MR) is 88.0 cm³/mol. The number of hydrogen-bond acceptors (Lipinski definition) is 6. The number of H-pyrrole nitrogens is 1. The molecule has 104 valence electrons. The van der Waals surface area contributed by atoms with Crippen LogP contribution in [0.3, 0.4) is 0 Å². The fourth-order valence-electron chi connectivity index (χ4n) is 2.10. The molecule has 0 amide bonds. The lowest BCUT2D eigenvalue weighted by Crippen LogP contribution is -1.99. The molecule has 4 aromatic rings. The van der Waals surface area contributed by atoms with E-state index in [0.29, 0.717) is 15.5 Å². The molecule has 1 aromatic carbocycles. The van der Waals surface area contributed by atoms with Gasteiger partial charge in [-0.1, -0.05) is 17.7 Å². The van der Waals surface area contributed by atoms with Gasteiger partial charge in [0.2, 0.25) is 0 Å². The molecule has 9 heteroatoms. The Morgan fingerprint density at radius 2 is 2.14 bits per heavy atom. The lowest BCUT2D eigenvalue weighted by atomic mass is 10.2. The van der Waals surface area contributed by atoms with Crippen molar-refractivity contribution in [1.29, 1.82) is 0 Å². The van der Waals surface area contributed by atoms with Gasteiger partial charge in [0.1, 0.15) is 11.0 Å². The van der Waals surface area contributed by atoms with Gasteiger partial charge in [0.25, 0.3) is 0 Å². The second-order valence-electron chi connectivity index (χ2n) is 4.19. The van der Waals surface area contributed by atoms with E-state index in [1.165, 1.54) is 0 Å². The highest BCUT2D eigenvalue weighted by Crippen LogP contribution is 2.33. The van der Waals surface area contributed by atoms with Crippen LogP contribution < -0.4 is 0 Å². The van der Waals surface area contributed by atoms with E-state index in [9.17, 15) is 0 Å². The van der Waals surface area contributed by atoms with Crippen molar-refractivity contribution in [1.82, 2.24) is 23.5 Å². The number of benzene rings is 1. The summed E-state index contributed by atoms with van der Waals surface area (Å²) in [5.41, 5.74) is 2.23. The fraction of sp³-hybridized carbons (Fsp3) is 0. The van der Waals surface area contributed by atoms with Crippen LogP contribution in [0.15, 0.2) is 29.6 Å². The zero-order valence-corrected chi connectivity index (χ0v) is 13.5. The Hall–Kier alpha value is -1.61. The molecule has 0 unspecified atom stereocenters. The summed E-state index contributed by atoms with van der Waals surface area (Å²) >= 11 is 14.5. The normalized spacial score (nSPS) is 11.3. The monoisotopic (exact) mass is 351 g/mol. The smallest absolute Gasteiger partial charge is 0.200 e. The average molecular weight is 352 g/mol. The van der Waals surface area contributed by atoms with E-state index in [4.69, 9.17) is 23.8 Å². The van der Waals surface area contributed by atoms with Crippen LogP contribution in [0, 0.1) is 4.77 Å². The van der Waals surface area contributed by atoms with Crippen molar-refractivity contribution < 1.29 is 0 Å². The molecule has 4 rings (SSSR count). The predicted octanol–water partition coefficient (Wildman–Crippen LogP) is 4.32. The lowest BCUT2D eigenvalue weighted by molar-refractivity contribution is 1.04. The van der Waals surface area contributed by atoms with Gasteiger partial charge >= 0.3 is 0 Å². The maximum Gasteiger partial charge on any atom is 0.200 e. The van der Waals surface area contributed by atoms with Gasteiger partial charge < -0.3 is 0 Å². The number of fused-ring (bicyclic) bond motifs is 1. The first-order chi connectivity index (χ1) is 10.3. The van der Waals surface area contributed by atoms with Crippen molar-refractivity contribution in [3.05, 3.63) is 39.4 Å². The Morgan fingerprint density at radius 3 is 2.95 bits per heavy atom. The summed E-state index contributed by atoms with van der Waals surface area (Å²) in [6.45, 7) is 0. The topological polar surface area (TPSA) is 59.4 Å². The number of hydrogen-bond donors (Lipinski definition) is 1. The quantitative estimate of drug-likeness (QED) is 0.546. The van der Waals surface area contributed by atoms with Gasteiger partial charge in [0.05, 0.1) is 27.3 Å². The van der Waals surface area contributed by atoms with Crippen molar-refractivity contribution >= 4 is 57.9 Å². The Kier molecular flexibility index (Phi) is 3.11. The van der Waals surface area contributed by atoms with Crippen LogP contribution in [0.25, 0.3) is 27.4 Å². The first-order valence-electron chi connectivity index (χ1n) is 5.88. The molecular weight excluding hydrogens is 346 g/mol. The highest BCUT2D eigenvalue weighted by molar-refractivity contribution is 7.71. The number of rotatable bonds is 2. The molecule has 3 heterocycles. The van der Waals surface area contributed by atoms with E-state index in [1.54, 1.807) is 17.4 Å². The van der Waals surface area contributed by atoms with Crippen LogP contribution in [0.1, 0.15) is 0 Å². The third-order valence-electron chi connectivity index (χ3n) is 2.99. The number of halogens is 1. The average Bonchev–Trinajstić information content (AvgIpc) is 3.18. The van der Waals surface area contributed by atoms with Gasteiger partial charge in [-0.15, -0.1) is 11.3 Å². The summed E-state index contributed by atoms with van der Waals surface area (Å²) in [5.74, 6) is 0.720. The molecule has 0 spiro atoms. The third-order valence-corrected chi connectivity index (χ3v) is 4.98. The molecule has 0 radical (unpaired) electrons. The molecule has 0 saturated carbocycles. The van der Waals surface area contributed by atoms with Gasteiger partial charge in [-0.05, 0) is 35.8 Å². The van der Waals surface area contributed by atoms with Crippen molar-refractivity contribution in [2.24, 2.45) is 0 Å². The van der Waals surface area contributed by atoms with Crippen molar-refractivity contribution in [3.8, 4) is 16.4 Å². The molecule has 0 bridgehead atoms. The molecule has 0 atom stereocenters. The largest absolute Gasteiger partial charge is 0.264 e. The van der Waals surface area contributed by atoms with Crippen molar-refractivity contribution in [2.75, 3.05) is 0 Å². The number of aromatic nitrogens is 5. The second kappa shape index (κ2) is 4.99. The van der Waals surface area contributed by atoms with Crippen molar-refractivity contribution in [2.45, 2.75) is 0 Å². The Bertz CT molecular complexity index is 982. The molecular formula is C12H6ClN5S3. The number of aromatic amines is 1. The highest BCUT2D eigenvalue weighted by Gasteiger charge is 2.18. The van der Waals surface area contributed by atoms with Crippen LogP contribution in [-0.4, -0.2) is 23.5 Å². The Labute approximate surface area is 137 Å². The molecule has 0 aliphatic carbocycles. The summed E-state index contributed by atoms with van der Waals surface area (Å²) in [6, 6.07) is 7.60. The van der Waals surface area contributed by atoms with E-state index in [0.717, 1.165) is 33.5 Å². The number of nitrogens with zero attached hydrogens (tertiary/aromatic N) is 4. The van der Waals surface area contributed by atoms with Crippen LogP contribution in [0.5, 0.6) is 0 Å². The minimum atomic E-state index is 0.473. The minimum absolute atomic E-state index is 0.473. The van der Waals surface area contributed by atoms with Gasteiger partial charge in [-0.3, -0.25) is 9.67 Å². The number of thiophene rings is 1. The van der Waals surface area contributed by atoms with Crippen LogP contribution >= 0.6 is 46.9 Å². The van der Waals surface area contributed by atoms with Gasteiger partial charge in [-0.25, -0.2) is 0 Å². The van der Waals surface area contributed by atoms with Gasteiger partial charge in [0, 0.05) is 0 Å². The van der Waals surface area contributed by atoms with E-state index in [-0.39, 0.29) is 0 Å². The summed E-state index contributed by atoms with van der Waals surface area (Å²) in [5, 5.41) is 9.70. The zero-order valence-electron chi connectivity index (χ0n) is 10.3. The van der Waals surface area contributed by atoms with E-state index >= 15 is 0 Å². The summed E-state index contributed by atoms with van der Waals surface area (Å²) in [7, 11) is 0. The molecule has 0 saturated heterocycles. The molecule has 3 aromatic heterocycles. The summed E-state index contributed by atoms with van der Waals surface area (Å²) in [4.78, 5) is 0.999. The first kappa shape index (κ1) is 13.1. The van der Waals surface area contributed by atoms with Gasteiger partial charge in [0.15, 0.2) is 10.6 Å². The van der Waals surface area contributed by atoms with E-state index in [2.05, 4.69) is 18.9 Å². The second-order valence-corrected chi connectivity index (χ2v) is 6.46. The molecule has 1 N–H and O–H groups in total. The van der Waals surface area contributed by atoms with Crippen molar-refractivity contribution in [3.63, 3.8) is 0 Å². The third kappa shape index (κ3) is 2.03. The SMILES string of the molecule is S=c1[nH]nc(-c2cccs2)n1-c1c(Cl)ccc2nsnc12. The fourth-order valence-corrected chi connectivity index (χ4v) is 3.80. The molecule has 0 aliphatic heterocycles.